The van der Waals surface area contributed by atoms with E-state index in [0.29, 0.717) is 5.16 Å². The molecule has 0 aliphatic carbocycles. The third-order valence-corrected chi connectivity index (χ3v) is 5.29. The van der Waals surface area contributed by atoms with Crippen LogP contribution in [0.4, 0.5) is 0 Å². The molecule has 0 fully saturated rings. The van der Waals surface area contributed by atoms with Gasteiger partial charge in [-0.05, 0) is 26.0 Å². The monoisotopic (exact) mass is 388 g/mol. The minimum Gasteiger partial charge on any atom is -0.308 e. The molecule has 0 bridgehead atoms. The second-order valence-corrected chi connectivity index (χ2v) is 7.41. The fraction of sp³-hybridized carbons (Fsp3) is 0.182. The maximum Gasteiger partial charge on any atom is 0.173 e. The lowest BCUT2D eigenvalue weighted by Crippen LogP contribution is -2.21. The van der Waals surface area contributed by atoms with Crippen molar-refractivity contribution < 1.29 is 4.79 Å². The topological polar surface area (TPSA) is 82.5 Å². The van der Waals surface area contributed by atoms with E-state index in [4.69, 9.17) is 10.7 Å². The zero-order valence-electron chi connectivity index (χ0n) is 15.7. The molecule has 0 radical (unpaired) electrons. The summed E-state index contributed by atoms with van der Waals surface area (Å²) in [6.07, 6.45) is 1.80. The van der Waals surface area contributed by atoms with Crippen LogP contribution in [0, 0.1) is 29.6 Å². The number of carbonyl (C=O) groups excluding carboxylic acids is 1. The van der Waals surface area contributed by atoms with Crippen molar-refractivity contribution >= 4 is 23.3 Å². The maximum atomic E-state index is 12.3. The average Bonchev–Trinajstić information content (AvgIpc) is 3.12. The van der Waals surface area contributed by atoms with Gasteiger partial charge in [0.2, 0.25) is 0 Å². The number of aryl methyl sites for hydroxylation is 1. The Labute approximate surface area is 168 Å². The third kappa shape index (κ3) is 4.21. The van der Waals surface area contributed by atoms with Crippen LogP contribution >= 0.6 is 11.8 Å². The second-order valence-electron chi connectivity index (χ2n) is 6.46. The number of imidazole rings is 1. The molecule has 0 aliphatic rings. The number of hydrogen-bond acceptors (Lipinski definition) is 5. The van der Waals surface area contributed by atoms with Crippen LogP contribution in [0.3, 0.4) is 0 Å². The van der Waals surface area contributed by atoms with Gasteiger partial charge in [-0.2, -0.15) is 5.26 Å². The molecule has 3 aromatic rings. The number of rotatable bonds is 7. The first kappa shape index (κ1) is 19.6. The normalized spacial score (nSPS) is 11.6. The largest absolute Gasteiger partial charge is 0.308 e. The van der Waals surface area contributed by atoms with E-state index in [1.165, 1.54) is 18.7 Å². The third-order valence-electron chi connectivity index (χ3n) is 4.32. The molecular weight excluding hydrogens is 368 g/mol. The zero-order valence-corrected chi connectivity index (χ0v) is 16.5. The van der Waals surface area contributed by atoms with E-state index in [-0.39, 0.29) is 17.2 Å². The SMILES string of the molecule is CC(=N)[C@@H](C#N)C(=O)CSc1ncc(-c2ccccc2)n1-c1ccc(C)cc1. The van der Waals surface area contributed by atoms with Crippen LogP contribution in [0.25, 0.3) is 16.9 Å². The number of Topliss-reactive ketones (excluding diaryl/α,β-unsaturated/α-hetero) is 1. The van der Waals surface area contributed by atoms with Crippen LogP contribution in [0.2, 0.25) is 0 Å². The molecule has 0 spiro atoms. The van der Waals surface area contributed by atoms with Crippen LogP contribution in [0.5, 0.6) is 0 Å². The summed E-state index contributed by atoms with van der Waals surface area (Å²) in [5.74, 6) is -1.19. The molecule has 0 saturated carbocycles. The van der Waals surface area contributed by atoms with Gasteiger partial charge in [0.25, 0.3) is 0 Å². The van der Waals surface area contributed by atoms with Crippen molar-refractivity contribution in [3.63, 3.8) is 0 Å². The van der Waals surface area contributed by atoms with Crippen molar-refractivity contribution in [2.24, 2.45) is 5.92 Å². The summed E-state index contributed by atoms with van der Waals surface area (Å²) in [7, 11) is 0. The van der Waals surface area contributed by atoms with E-state index in [1.54, 1.807) is 6.20 Å². The van der Waals surface area contributed by atoms with Gasteiger partial charge < -0.3 is 5.41 Å². The first-order valence-electron chi connectivity index (χ1n) is 8.81. The first-order chi connectivity index (χ1) is 13.5. The maximum absolute atomic E-state index is 12.3. The second kappa shape index (κ2) is 8.68. The summed E-state index contributed by atoms with van der Waals surface area (Å²) < 4.78 is 2.02. The molecule has 0 unspecified atom stereocenters. The summed E-state index contributed by atoms with van der Waals surface area (Å²) in [6.45, 7) is 3.52. The molecule has 3 rings (SSSR count). The van der Waals surface area contributed by atoms with Gasteiger partial charge in [0.15, 0.2) is 10.9 Å². The van der Waals surface area contributed by atoms with Gasteiger partial charge in [-0.25, -0.2) is 4.98 Å². The van der Waals surface area contributed by atoms with Crippen molar-refractivity contribution in [2.75, 3.05) is 5.75 Å². The fourth-order valence-corrected chi connectivity index (χ4v) is 3.72. The molecule has 28 heavy (non-hydrogen) atoms. The molecule has 2 aromatic carbocycles. The number of benzene rings is 2. The number of aromatic nitrogens is 2. The lowest BCUT2D eigenvalue weighted by atomic mass is 10.0. The van der Waals surface area contributed by atoms with Crippen molar-refractivity contribution in [2.45, 2.75) is 19.0 Å². The minimum absolute atomic E-state index is 0.0694. The van der Waals surface area contributed by atoms with E-state index in [9.17, 15) is 4.79 Å². The Morgan fingerprint density at radius 1 is 1.21 bits per heavy atom. The van der Waals surface area contributed by atoms with Gasteiger partial charge in [0, 0.05) is 17.0 Å². The van der Waals surface area contributed by atoms with Gasteiger partial charge in [-0.1, -0.05) is 59.8 Å². The highest BCUT2D eigenvalue weighted by molar-refractivity contribution is 7.99. The van der Waals surface area contributed by atoms with E-state index < -0.39 is 5.92 Å². The number of hydrogen-bond donors (Lipinski definition) is 1. The predicted octanol–water partition coefficient (Wildman–Crippen LogP) is 4.69. The molecule has 1 aromatic heterocycles. The van der Waals surface area contributed by atoms with Crippen molar-refractivity contribution in [1.29, 1.82) is 10.7 Å². The Morgan fingerprint density at radius 2 is 1.89 bits per heavy atom. The molecule has 1 heterocycles. The lowest BCUT2D eigenvalue weighted by Gasteiger charge is -2.13. The predicted molar refractivity (Wildman–Crippen MR) is 112 cm³/mol. The van der Waals surface area contributed by atoms with E-state index in [0.717, 1.165) is 22.5 Å². The van der Waals surface area contributed by atoms with Gasteiger partial charge in [0.1, 0.15) is 5.92 Å². The van der Waals surface area contributed by atoms with E-state index >= 15 is 0 Å². The molecule has 140 valence electrons. The average molecular weight is 388 g/mol. The lowest BCUT2D eigenvalue weighted by molar-refractivity contribution is -0.117. The number of ketones is 1. The summed E-state index contributed by atoms with van der Waals surface area (Å²) in [5.41, 5.74) is 4.14. The minimum atomic E-state index is -0.996. The summed E-state index contributed by atoms with van der Waals surface area (Å²) in [4.78, 5) is 16.9. The number of nitrogens with one attached hydrogen (secondary N) is 1. The molecule has 0 saturated heterocycles. The molecular formula is C22H20N4OS. The van der Waals surface area contributed by atoms with Gasteiger partial charge in [-0.3, -0.25) is 9.36 Å². The highest BCUT2D eigenvalue weighted by Gasteiger charge is 2.22. The van der Waals surface area contributed by atoms with Crippen LogP contribution in [-0.2, 0) is 4.79 Å². The number of carbonyl (C=O) groups is 1. The Morgan fingerprint density at radius 3 is 2.50 bits per heavy atom. The van der Waals surface area contributed by atoms with Gasteiger partial charge >= 0.3 is 0 Å². The van der Waals surface area contributed by atoms with Crippen LogP contribution in [-0.4, -0.2) is 26.8 Å². The van der Waals surface area contributed by atoms with Crippen molar-refractivity contribution in [3.8, 4) is 23.0 Å². The standard InChI is InChI=1S/C22H20N4OS/c1-15-8-10-18(11-9-15)26-20(17-6-4-3-5-7-17)13-25-22(26)28-14-21(27)19(12-23)16(2)24/h3-11,13,19,24H,14H2,1-2H3/t19-/m1/s1. The van der Waals surface area contributed by atoms with Crippen molar-refractivity contribution in [3.05, 3.63) is 66.4 Å². The Kier molecular flexibility index (Phi) is 6.07. The van der Waals surface area contributed by atoms with Crippen LogP contribution in [0.1, 0.15) is 12.5 Å². The number of nitrogens with zero attached hydrogens (tertiary/aromatic N) is 3. The van der Waals surface area contributed by atoms with E-state index in [2.05, 4.69) is 4.98 Å². The quantitative estimate of drug-likeness (QED) is 0.470. The molecule has 6 heteroatoms. The smallest absolute Gasteiger partial charge is 0.173 e. The Balaban J connectivity index is 1.97. The summed E-state index contributed by atoms with van der Waals surface area (Å²) >= 11 is 1.29. The fourth-order valence-electron chi connectivity index (χ4n) is 2.82. The van der Waals surface area contributed by atoms with Crippen molar-refractivity contribution in [1.82, 2.24) is 9.55 Å². The molecule has 0 amide bonds. The molecule has 5 nitrogen and oxygen atoms in total. The highest BCUT2D eigenvalue weighted by Crippen LogP contribution is 2.30. The molecule has 0 aliphatic heterocycles. The molecule has 1 N–H and O–H groups in total. The zero-order chi connectivity index (χ0) is 20.1. The van der Waals surface area contributed by atoms with Crippen LogP contribution in [0.15, 0.2) is 66.0 Å². The van der Waals surface area contributed by atoms with E-state index in [1.807, 2.05) is 72.2 Å². The Hall–Kier alpha value is -3.17. The summed E-state index contributed by atoms with van der Waals surface area (Å²) in [6, 6.07) is 20.0. The van der Waals surface area contributed by atoms with Crippen LogP contribution < -0.4 is 0 Å². The number of nitriles is 1. The van der Waals surface area contributed by atoms with Gasteiger partial charge in [-0.15, -0.1) is 0 Å². The van der Waals surface area contributed by atoms with Gasteiger partial charge in [0.05, 0.1) is 23.7 Å². The highest BCUT2D eigenvalue weighted by atomic mass is 32.2. The molecule has 1 atom stereocenters. The summed E-state index contributed by atoms with van der Waals surface area (Å²) in [5, 5.41) is 17.4. The number of thioether (sulfide) groups is 1. The Bertz CT molecular complexity index is 1030. The first-order valence-corrected chi connectivity index (χ1v) is 9.80.